The van der Waals surface area contributed by atoms with Gasteiger partial charge in [0.2, 0.25) is 17.6 Å². The van der Waals surface area contributed by atoms with Gasteiger partial charge in [0.15, 0.2) is 33.0 Å². The van der Waals surface area contributed by atoms with E-state index in [0.29, 0.717) is 5.69 Å². The van der Waals surface area contributed by atoms with Gasteiger partial charge < -0.3 is 9.84 Å². The molecule has 6 atom stereocenters. The number of fused-ring (bicyclic) bond motifs is 4. The van der Waals surface area contributed by atoms with Crippen molar-refractivity contribution in [3.63, 3.8) is 0 Å². The summed E-state index contributed by atoms with van der Waals surface area (Å²) in [5.74, 6) is -21.2. The summed E-state index contributed by atoms with van der Waals surface area (Å²) in [6.45, 7) is -0.671. The van der Waals surface area contributed by atoms with Gasteiger partial charge in [0.25, 0.3) is 11.8 Å². The Hall–Kier alpha value is -3.60. The van der Waals surface area contributed by atoms with E-state index < -0.39 is 105 Å². The van der Waals surface area contributed by atoms with E-state index in [9.17, 15) is 37.5 Å². The number of carbonyl (C=O) groups excluding carboxylic acids is 4. The SMILES string of the molecule is O=C1C2CC=C3C(CC4(Cl)C(=O)N(c5c(F)c(F)c(F)c(F)c5F)C(=O)C4(Cl)C3c3ccccc3OCCO)C2C(=O)N1c1ccc(I)cc1. The van der Waals surface area contributed by atoms with Crippen LogP contribution in [0.5, 0.6) is 5.75 Å². The molecule has 2 saturated heterocycles. The number of rotatable bonds is 6. The summed E-state index contributed by atoms with van der Waals surface area (Å²) in [6, 6.07) is 12.6. The van der Waals surface area contributed by atoms with E-state index in [1.165, 1.54) is 18.2 Å². The summed E-state index contributed by atoms with van der Waals surface area (Å²) in [6.07, 6.45) is 0.961. The molecule has 7 rings (SSSR count). The molecule has 0 aromatic heterocycles. The lowest BCUT2D eigenvalue weighted by atomic mass is 9.56. The van der Waals surface area contributed by atoms with E-state index in [1.807, 2.05) is 0 Å². The fourth-order valence-corrected chi connectivity index (χ4v) is 9.05. The van der Waals surface area contributed by atoms with Crippen LogP contribution in [0.1, 0.15) is 24.3 Å². The zero-order valence-corrected chi connectivity index (χ0v) is 28.9. The first-order chi connectivity index (χ1) is 23.7. The lowest BCUT2D eigenvalue weighted by molar-refractivity contribution is -0.125. The number of ether oxygens (including phenoxy) is 1. The molecule has 6 unspecified atom stereocenters. The molecule has 3 aromatic rings. The first kappa shape index (κ1) is 34.8. The van der Waals surface area contributed by atoms with Crippen LogP contribution in [-0.4, -0.2) is 51.7 Å². The van der Waals surface area contributed by atoms with Crippen molar-refractivity contribution in [2.24, 2.45) is 17.8 Å². The van der Waals surface area contributed by atoms with Gasteiger partial charge in [0.1, 0.15) is 18.0 Å². The van der Waals surface area contributed by atoms with Gasteiger partial charge in [-0.1, -0.05) is 29.8 Å². The Labute approximate surface area is 303 Å². The first-order valence-electron chi connectivity index (χ1n) is 15.1. The highest BCUT2D eigenvalue weighted by atomic mass is 127. The fourth-order valence-electron chi connectivity index (χ4n) is 7.76. The quantitative estimate of drug-likeness (QED) is 0.0610. The fraction of sp³-hybridized carbons (Fsp3) is 0.294. The van der Waals surface area contributed by atoms with E-state index in [0.717, 1.165) is 8.47 Å². The molecular formula is C34H22Cl2F5IN2O6. The summed E-state index contributed by atoms with van der Waals surface area (Å²) in [4.78, 5) is 52.2. The molecule has 4 aliphatic rings. The molecule has 1 N–H and O–H groups in total. The molecule has 2 aliphatic heterocycles. The van der Waals surface area contributed by atoms with Gasteiger partial charge in [-0.15, -0.1) is 23.2 Å². The number of halogens is 8. The minimum Gasteiger partial charge on any atom is -0.491 e. The van der Waals surface area contributed by atoms with Crippen LogP contribution in [0.25, 0.3) is 0 Å². The zero-order chi connectivity index (χ0) is 36.0. The third-order valence-electron chi connectivity index (χ3n) is 9.89. The monoisotopic (exact) mass is 846 g/mol. The predicted octanol–water partition coefficient (Wildman–Crippen LogP) is 6.13. The highest BCUT2D eigenvalue weighted by Gasteiger charge is 2.77. The third-order valence-corrected chi connectivity index (χ3v) is 12.0. The van der Waals surface area contributed by atoms with Gasteiger partial charge in [0.05, 0.1) is 24.1 Å². The summed E-state index contributed by atoms with van der Waals surface area (Å²) < 4.78 is 80.0. The van der Waals surface area contributed by atoms with Crippen LogP contribution in [0.4, 0.5) is 33.3 Å². The Bertz CT molecular complexity index is 2020. The molecule has 4 amide bonds. The van der Waals surface area contributed by atoms with E-state index in [4.69, 9.17) is 27.9 Å². The summed E-state index contributed by atoms with van der Waals surface area (Å²) in [7, 11) is 0. The number of nitrogens with zero attached hydrogens (tertiary/aromatic N) is 2. The molecule has 3 aromatic carbocycles. The minimum atomic E-state index is -2.69. The second kappa shape index (κ2) is 12.3. The Kier molecular flexibility index (Phi) is 8.55. The molecule has 0 radical (unpaired) electrons. The Morgan fingerprint density at radius 3 is 2.08 bits per heavy atom. The van der Waals surface area contributed by atoms with Crippen LogP contribution in [0.15, 0.2) is 60.2 Å². The number of benzene rings is 3. The van der Waals surface area contributed by atoms with Crippen molar-refractivity contribution >= 4 is 80.8 Å². The lowest BCUT2D eigenvalue weighted by Gasteiger charge is -2.50. The molecule has 3 fully saturated rings. The smallest absolute Gasteiger partial charge is 0.258 e. The molecule has 2 aliphatic carbocycles. The van der Waals surface area contributed by atoms with E-state index in [1.54, 1.807) is 36.4 Å². The molecule has 2 heterocycles. The van der Waals surface area contributed by atoms with Crippen LogP contribution >= 0.6 is 45.8 Å². The Morgan fingerprint density at radius 2 is 1.44 bits per heavy atom. The maximum absolute atomic E-state index is 15.3. The number of amides is 4. The lowest BCUT2D eigenvalue weighted by Crippen LogP contribution is -2.60. The molecule has 1 saturated carbocycles. The van der Waals surface area contributed by atoms with Gasteiger partial charge in [-0.05, 0) is 71.7 Å². The Morgan fingerprint density at radius 1 is 0.820 bits per heavy atom. The molecular weight excluding hydrogens is 825 g/mol. The van der Waals surface area contributed by atoms with Crippen LogP contribution < -0.4 is 14.5 Å². The maximum Gasteiger partial charge on any atom is 0.258 e. The van der Waals surface area contributed by atoms with Crippen molar-refractivity contribution < 1.29 is 51.0 Å². The molecule has 16 heteroatoms. The number of aliphatic hydroxyl groups excluding tert-OH is 1. The average molecular weight is 847 g/mol. The largest absolute Gasteiger partial charge is 0.491 e. The second-order valence-corrected chi connectivity index (χ2v) is 14.8. The predicted molar refractivity (Wildman–Crippen MR) is 177 cm³/mol. The number of imide groups is 2. The minimum absolute atomic E-state index is 0.0101. The highest BCUT2D eigenvalue weighted by molar-refractivity contribution is 14.1. The molecule has 50 heavy (non-hydrogen) atoms. The van der Waals surface area contributed by atoms with Crippen molar-refractivity contribution in [1.82, 2.24) is 0 Å². The van der Waals surface area contributed by atoms with Crippen molar-refractivity contribution in [2.75, 3.05) is 23.0 Å². The molecule has 260 valence electrons. The first-order valence-corrected chi connectivity index (χ1v) is 17.0. The van der Waals surface area contributed by atoms with Crippen LogP contribution in [0.3, 0.4) is 0 Å². The Balaban J connectivity index is 1.44. The van der Waals surface area contributed by atoms with Crippen molar-refractivity contribution in [3.8, 4) is 5.75 Å². The highest BCUT2D eigenvalue weighted by Crippen LogP contribution is 2.66. The number of hydrogen-bond donors (Lipinski definition) is 1. The summed E-state index contributed by atoms with van der Waals surface area (Å²) >= 11 is 16.4. The van der Waals surface area contributed by atoms with Gasteiger partial charge in [0, 0.05) is 15.1 Å². The standard InChI is InChI=1S/C34H22Cl2F5IN2O6/c35-33-13-19-16(9-10-18-21(19)30(47)43(29(18)46)15-7-5-14(42)6-8-15)22(17-3-1-2-4-20(17)50-12-11-45)34(33,36)32(49)44(31(33)48)28-26(40)24(38)23(37)25(39)27(28)41/h1-9,18-19,21-22,45H,10-13H2. The number of allylic oxidation sites excluding steroid dienone is 2. The second-order valence-electron chi connectivity index (χ2n) is 12.3. The summed E-state index contributed by atoms with van der Waals surface area (Å²) in [5, 5.41) is 9.48. The maximum atomic E-state index is 15.3. The summed E-state index contributed by atoms with van der Waals surface area (Å²) in [5.41, 5.74) is -1.17. The normalized spacial score (nSPS) is 28.9. The number of alkyl halides is 2. The average Bonchev–Trinajstić information content (AvgIpc) is 3.44. The van der Waals surface area contributed by atoms with Gasteiger partial charge in [-0.25, -0.2) is 26.9 Å². The number of carbonyl (C=O) groups is 4. The van der Waals surface area contributed by atoms with Crippen LogP contribution in [-0.2, 0) is 19.2 Å². The van der Waals surface area contributed by atoms with Crippen LogP contribution in [0.2, 0.25) is 0 Å². The van der Waals surface area contributed by atoms with Gasteiger partial charge in [-0.3, -0.25) is 24.1 Å². The van der Waals surface area contributed by atoms with E-state index in [-0.39, 0.29) is 34.8 Å². The van der Waals surface area contributed by atoms with Crippen molar-refractivity contribution in [2.45, 2.75) is 28.5 Å². The van der Waals surface area contributed by atoms with Gasteiger partial charge in [-0.2, -0.15) is 0 Å². The van der Waals surface area contributed by atoms with Gasteiger partial charge >= 0.3 is 0 Å². The number of para-hydroxylation sites is 1. The topological polar surface area (TPSA) is 104 Å². The number of anilines is 2. The zero-order valence-electron chi connectivity index (χ0n) is 25.2. The third kappa shape index (κ3) is 4.63. The van der Waals surface area contributed by atoms with E-state index in [2.05, 4.69) is 22.6 Å². The molecule has 0 bridgehead atoms. The molecule has 8 nitrogen and oxygen atoms in total. The van der Waals surface area contributed by atoms with Crippen molar-refractivity contribution in [1.29, 1.82) is 0 Å². The van der Waals surface area contributed by atoms with Crippen molar-refractivity contribution in [3.05, 3.63) is 98.4 Å². The number of hydrogen-bond acceptors (Lipinski definition) is 6. The van der Waals surface area contributed by atoms with Crippen LogP contribution in [0, 0.1) is 50.4 Å². The molecule has 0 spiro atoms. The van der Waals surface area contributed by atoms with E-state index >= 15 is 8.78 Å². The number of aliphatic hydroxyl groups is 1.